The lowest BCUT2D eigenvalue weighted by atomic mass is 10.1. The fourth-order valence-electron chi connectivity index (χ4n) is 2.84. The predicted molar refractivity (Wildman–Crippen MR) is 97.2 cm³/mol. The summed E-state index contributed by atoms with van der Waals surface area (Å²) in [6.45, 7) is 6.33. The number of carbonyl (C=O) groups is 1. The quantitative estimate of drug-likeness (QED) is 0.663. The van der Waals surface area contributed by atoms with Crippen LogP contribution in [-0.2, 0) is 13.1 Å². The fourth-order valence-corrected chi connectivity index (χ4v) is 2.84. The first-order valence-corrected chi connectivity index (χ1v) is 8.91. The van der Waals surface area contributed by atoms with Gasteiger partial charge in [-0.2, -0.15) is 13.2 Å². The fraction of sp³-hybridized carbons (Fsp3) is 0.450. The van der Waals surface area contributed by atoms with Crippen LogP contribution < -0.4 is 0 Å². The Morgan fingerprint density at radius 2 is 1.78 bits per heavy atom. The maximum Gasteiger partial charge on any atom is 0.406 e. The van der Waals surface area contributed by atoms with Crippen LogP contribution >= 0.6 is 0 Å². The smallest absolute Gasteiger partial charge is 0.406 e. The molecule has 1 amide bonds. The van der Waals surface area contributed by atoms with Gasteiger partial charge in [-0.25, -0.2) is 0 Å². The highest BCUT2D eigenvalue weighted by atomic mass is 19.4. The van der Waals surface area contributed by atoms with Crippen molar-refractivity contribution in [3.8, 4) is 0 Å². The van der Waals surface area contributed by atoms with Crippen LogP contribution in [0.15, 0.2) is 47.1 Å². The van der Waals surface area contributed by atoms with E-state index in [-0.39, 0.29) is 12.1 Å². The number of rotatable bonds is 8. The molecule has 1 heterocycles. The minimum atomic E-state index is -4.49. The van der Waals surface area contributed by atoms with Gasteiger partial charge in [0.05, 0.1) is 12.8 Å². The largest absolute Gasteiger partial charge is 0.467 e. The molecule has 0 radical (unpaired) electrons. The van der Waals surface area contributed by atoms with E-state index in [9.17, 15) is 18.0 Å². The molecule has 0 aliphatic carbocycles. The Hall–Kier alpha value is -2.28. The van der Waals surface area contributed by atoms with Crippen LogP contribution in [0.5, 0.6) is 0 Å². The summed E-state index contributed by atoms with van der Waals surface area (Å²) >= 11 is 0. The second-order valence-corrected chi connectivity index (χ2v) is 6.71. The van der Waals surface area contributed by atoms with Crippen molar-refractivity contribution in [2.24, 2.45) is 0 Å². The molecule has 7 heteroatoms. The molecule has 0 fully saturated rings. The minimum absolute atomic E-state index is 0.224. The molecule has 0 atom stereocenters. The molecule has 0 N–H and O–H groups in total. The Morgan fingerprint density at radius 3 is 2.26 bits per heavy atom. The van der Waals surface area contributed by atoms with Crippen molar-refractivity contribution in [1.82, 2.24) is 9.80 Å². The van der Waals surface area contributed by atoms with Crippen molar-refractivity contribution in [2.45, 2.75) is 46.1 Å². The molecule has 0 bridgehead atoms. The van der Waals surface area contributed by atoms with Crippen molar-refractivity contribution < 1.29 is 22.4 Å². The number of amides is 1. The molecule has 0 aliphatic heterocycles. The first-order valence-electron chi connectivity index (χ1n) is 8.91. The zero-order valence-electron chi connectivity index (χ0n) is 15.8. The number of alkyl halides is 3. The summed E-state index contributed by atoms with van der Waals surface area (Å²) in [7, 11) is 0. The first kappa shape index (κ1) is 21.0. The highest BCUT2D eigenvalue weighted by Gasteiger charge is 2.33. The number of halogens is 3. The Labute approximate surface area is 157 Å². The van der Waals surface area contributed by atoms with E-state index in [2.05, 4.69) is 25.7 Å². The standard InChI is InChI=1S/C20H25F3N2O2/c1-4-24(15(2)3)12-16-7-9-17(10-8-16)19(26)25(14-20(21,22)23)13-18-6-5-11-27-18/h5-11,15H,4,12-14H2,1-3H3. The van der Waals surface area contributed by atoms with Gasteiger partial charge in [0, 0.05) is 18.2 Å². The third kappa shape index (κ3) is 6.43. The van der Waals surface area contributed by atoms with Crippen LogP contribution in [0, 0.1) is 0 Å². The number of carbonyl (C=O) groups excluding carboxylic acids is 1. The second kappa shape index (κ2) is 9.08. The van der Waals surface area contributed by atoms with Gasteiger partial charge in [-0.1, -0.05) is 19.1 Å². The van der Waals surface area contributed by atoms with Crippen LogP contribution in [0.1, 0.15) is 42.5 Å². The molecule has 0 saturated carbocycles. The Kier molecular flexibility index (Phi) is 7.07. The normalized spacial score (nSPS) is 12.0. The number of benzene rings is 1. The van der Waals surface area contributed by atoms with E-state index in [1.807, 2.05) is 0 Å². The number of nitrogens with zero attached hydrogens (tertiary/aromatic N) is 2. The lowest BCUT2D eigenvalue weighted by Gasteiger charge is -2.25. The van der Waals surface area contributed by atoms with E-state index >= 15 is 0 Å². The predicted octanol–water partition coefficient (Wildman–Crippen LogP) is 4.71. The maximum atomic E-state index is 12.9. The van der Waals surface area contributed by atoms with Crippen LogP contribution in [0.3, 0.4) is 0 Å². The van der Waals surface area contributed by atoms with Gasteiger partial charge >= 0.3 is 6.18 Å². The monoisotopic (exact) mass is 382 g/mol. The molecule has 2 rings (SSSR count). The Balaban J connectivity index is 2.14. The molecule has 148 valence electrons. The molecular weight excluding hydrogens is 357 g/mol. The SMILES string of the molecule is CCN(Cc1ccc(C(=O)N(Cc2ccco2)CC(F)(F)F)cc1)C(C)C. The van der Waals surface area contributed by atoms with Gasteiger partial charge in [0.15, 0.2) is 0 Å². The van der Waals surface area contributed by atoms with Crippen LogP contribution in [-0.4, -0.2) is 41.0 Å². The molecule has 0 saturated heterocycles. The first-order chi connectivity index (χ1) is 12.7. The van der Waals surface area contributed by atoms with Crippen molar-refractivity contribution in [3.63, 3.8) is 0 Å². The number of hydrogen-bond donors (Lipinski definition) is 0. The van der Waals surface area contributed by atoms with Crippen molar-refractivity contribution in [3.05, 3.63) is 59.5 Å². The third-order valence-electron chi connectivity index (χ3n) is 4.31. The van der Waals surface area contributed by atoms with Crippen LogP contribution in [0.4, 0.5) is 13.2 Å². The summed E-state index contributed by atoms with van der Waals surface area (Å²) in [5.41, 5.74) is 1.23. The van der Waals surface area contributed by atoms with Crippen molar-refractivity contribution >= 4 is 5.91 Å². The Bertz CT molecular complexity index is 710. The van der Waals surface area contributed by atoms with Gasteiger partial charge in [-0.05, 0) is 50.2 Å². The molecule has 27 heavy (non-hydrogen) atoms. The van der Waals surface area contributed by atoms with Gasteiger partial charge in [0.2, 0.25) is 0 Å². The summed E-state index contributed by atoms with van der Waals surface area (Å²) in [6.07, 6.45) is -3.12. The zero-order chi connectivity index (χ0) is 20.0. The van der Waals surface area contributed by atoms with E-state index in [0.717, 1.165) is 23.6 Å². The average molecular weight is 382 g/mol. The van der Waals surface area contributed by atoms with Crippen molar-refractivity contribution in [2.75, 3.05) is 13.1 Å². The van der Waals surface area contributed by atoms with Crippen LogP contribution in [0.2, 0.25) is 0 Å². The van der Waals surface area contributed by atoms with E-state index in [1.54, 1.807) is 36.4 Å². The van der Waals surface area contributed by atoms with E-state index < -0.39 is 18.6 Å². The maximum absolute atomic E-state index is 12.9. The second-order valence-electron chi connectivity index (χ2n) is 6.71. The Morgan fingerprint density at radius 1 is 1.11 bits per heavy atom. The van der Waals surface area contributed by atoms with E-state index in [4.69, 9.17) is 4.42 Å². The van der Waals surface area contributed by atoms with E-state index in [1.165, 1.54) is 6.26 Å². The van der Waals surface area contributed by atoms with Crippen molar-refractivity contribution in [1.29, 1.82) is 0 Å². The minimum Gasteiger partial charge on any atom is -0.467 e. The molecule has 1 aromatic carbocycles. The summed E-state index contributed by atoms with van der Waals surface area (Å²) in [5, 5.41) is 0. The van der Waals surface area contributed by atoms with Gasteiger partial charge in [0.25, 0.3) is 5.91 Å². The van der Waals surface area contributed by atoms with E-state index in [0.29, 0.717) is 11.8 Å². The summed E-state index contributed by atoms with van der Waals surface area (Å²) < 4.78 is 43.8. The van der Waals surface area contributed by atoms with Crippen LogP contribution in [0.25, 0.3) is 0 Å². The number of hydrogen-bond acceptors (Lipinski definition) is 3. The van der Waals surface area contributed by atoms with Gasteiger partial charge in [-0.3, -0.25) is 9.69 Å². The molecule has 0 aliphatic rings. The summed E-state index contributed by atoms with van der Waals surface area (Å²) in [5.74, 6) is -0.369. The van der Waals surface area contributed by atoms with Gasteiger partial charge in [-0.15, -0.1) is 0 Å². The highest BCUT2D eigenvalue weighted by molar-refractivity contribution is 5.94. The molecule has 2 aromatic rings. The molecule has 0 spiro atoms. The molecular formula is C20H25F3N2O2. The highest BCUT2D eigenvalue weighted by Crippen LogP contribution is 2.21. The lowest BCUT2D eigenvalue weighted by Crippen LogP contribution is -2.38. The summed E-state index contributed by atoms with van der Waals surface area (Å²) in [6, 6.07) is 10.2. The average Bonchev–Trinajstić information content (AvgIpc) is 3.10. The molecule has 4 nitrogen and oxygen atoms in total. The third-order valence-corrected chi connectivity index (χ3v) is 4.31. The molecule has 1 aromatic heterocycles. The zero-order valence-corrected chi connectivity index (χ0v) is 15.8. The number of furan rings is 1. The topological polar surface area (TPSA) is 36.7 Å². The van der Waals surface area contributed by atoms with Gasteiger partial charge in [0.1, 0.15) is 12.3 Å². The van der Waals surface area contributed by atoms with Gasteiger partial charge < -0.3 is 9.32 Å². The molecule has 0 unspecified atom stereocenters. The summed E-state index contributed by atoms with van der Waals surface area (Å²) in [4.78, 5) is 15.6. The lowest BCUT2D eigenvalue weighted by molar-refractivity contribution is -0.142.